The van der Waals surface area contributed by atoms with E-state index in [1.54, 1.807) is 0 Å². The largest absolute Gasteiger partial charge is 0.491 e. The van der Waals surface area contributed by atoms with Crippen LogP contribution >= 0.6 is 11.6 Å². The van der Waals surface area contributed by atoms with Gasteiger partial charge in [-0.25, -0.2) is 0 Å². The van der Waals surface area contributed by atoms with E-state index in [-0.39, 0.29) is 12.5 Å². The number of piperazine rings is 1. The number of nitrogens with one attached hydrogen (secondary N) is 1. The van der Waals surface area contributed by atoms with E-state index in [9.17, 15) is 9.90 Å². The van der Waals surface area contributed by atoms with Gasteiger partial charge in [0, 0.05) is 61.6 Å². The molecule has 4 rings (SSSR count). The van der Waals surface area contributed by atoms with Crippen molar-refractivity contribution in [1.82, 2.24) is 4.90 Å². The normalized spacial score (nSPS) is 18.1. The van der Waals surface area contributed by atoms with Gasteiger partial charge in [0.15, 0.2) is 0 Å². The Morgan fingerprint density at radius 1 is 1.07 bits per heavy atom. The average Bonchev–Trinajstić information content (AvgIpc) is 2.73. The van der Waals surface area contributed by atoms with Gasteiger partial charge in [-0.1, -0.05) is 17.7 Å². The monoisotopic (exact) mass is 415 g/mol. The van der Waals surface area contributed by atoms with E-state index in [1.165, 1.54) is 5.69 Å². The van der Waals surface area contributed by atoms with E-state index in [2.05, 4.69) is 15.1 Å². The Balaban J connectivity index is 1.22. The summed E-state index contributed by atoms with van der Waals surface area (Å²) in [5.74, 6) is 0.699. The molecule has 2 aromatic carbocycles. The number of aliphatic hydroxyl groups is 1. The molecule has 1 saturated heterocycles. The molecule has 2 aliphatic heterocycles. The van der Waals surface area contributed by atoms with E-state index in [0.29, 0.717) is 18.7 Å². The van der Waals surface area contributed by atoms with Crippen molar-refractivity contribution in [2.45, 2.75) is 18.9 Å². The van der Waals surface area contributed by atoms with Crippen molar-refractivity contribution < 1.29 is 14.6 Å². The van der Waals surface area contributed by atoms with Crippen molar-refractivity contribution in [2.24, 2.45) is 0 Å². The molecule has 6 nitrogen and oxygen atoms in total. The average molecular weight is 416 g/mol. The summed E-state index contributed by atoms with van der Waals surface area (Å²) in [5, 5.41) is 14.0. The summed E-state index contributed by atoms with van der Waals surface area (Å²) in [4.78, 5) is 16.1. The van der Waals surface area contributed by atoms with Gasteiger partial charge in [-0.15, -0.1) is 0 Å². The Labute approximate surface area is 176 Å². The fourth-order valence-corrected chi connectivity index (χ4v) is 3.95. The third-order valence-electron chi connectivity index (χ3n) is 5.45. The summed E-state index contributed by atoms with van der Waals surface area (Å²) in [6.07, 6.45) is 0.714. The number of fused-ring (bicyclic) bond motifs is 1. The number of rotatable bonds is 6. The second kappa shape index (κ2) is 9.03. The highest BCUT2D eigenvalue weighted by molar-refractivity contribution is 6.30. The number of β-amino-alcohol motifs (C(OH)–C–C–N with tert-alkyl or cyclic N) is 1. The predicted molar refractivity (Wildman–Crippen MR) is 115 cm³/mol. The lowest BCUT2D eigenvalue weighted by Gasteiger charge is -2.36. The molecule has 1 fully saturated rings. The van der Waals surface area contributed by atoms with Crippen LogP contribution < -0.4 is 15.0 Å². The van der Waals surface area contributed by atoms with E-state index in [0.717, 1.165) is 48.9 Å². The van der Waals surface area contributed by atoms with Gasteiger partial charge in [0.25, 0.3) is 0 Å². The zero-order valence-electron chi connectivity index (χ0n) is 16.3. The number of hydrogen-bond donors (Lipinski definition) is 2. The molecule has 0 aromatic heterocycles. The number of anilines is 2. The molecule has 0 unspecified atom stereocenters. The van der Waals surface area contributed by atoms with E-state index in [4.69, 9.17) is 16.3 Å². The van der Waals surface area contributed by atoms with E-state index in [1.807, 2.05) is 42.5 Å². The molecule has 2 aliphatic rings. The number of benzene rings is 2. The summed E-state index contributed by atoms with van der Waals surface area (Å²) in [5.41, 5.74) is 3.11. The van der Waals surface area contributed by atoms with Crippen molar-refractivity contribution in [1.29, 1.82) is 0 Å². The SMILES string of the molecule is O=C1CCc2ccc(OC[C@@H](O)CN3CCN(c4ccc(Cl)cc4)CC3)cc2N1. The Morgan fingerprint density at radius 3 is 2.59 bits per heavy atom. The van der Waals surface area contributed by atoms with Crippen molar-refractivity contribution in [3.05, 3.63) is 53.1 Å². The number of halogens is 1. The van der Waals surface area contributed by atoms with Crippen molar-refractivity contribution in [3.8, 4) is 5.75 Å². The molecule has 0 aliphatic carbocycles. The molecule has 154 valence electrons. The maximum absolute atomic E-state index is 11.5. The molecule has 0 radical (unpaired) electrons. The second-order valence-electron chi connectivity index (χ2n) is 7.60. The first-order valence-corrected chi connectivity index (χ1v) is 10.4. The molecular formula is C22H26ClN3O3. The summed E-state index contributed by atoms with van der Waals surface area (Å²) in [7, 11) is 0. The van der Waals surface area contributed by atoms with Gasteiger partial charge in [0.1, 0.15) is 18.5 Å². The summed E-state index contributed by atoms with van der Waals surface area (Å²) >= 11 is 5.96. The van der Waals surface area contributed by atoms with Crippen LogP contribution in [-0.4, -0.2) is 61.3 Å². The van der Waals surface area contributed by atoms with Gasteiger partial charge >= 0.3 is 0 Å². The maximum atomic E-state index is 11.5. The first-order chi connectivity index (χ1) is 14.1. The Kier molecular flexibility index (Phi) is 6.23. The van der Waals surface area contributed by atoms with Gasteiger partial charge in [-0.05, 0) is 42.3 Å². The van der Waals surface area contributed by atoms with Gasteiger partial charge in [0.05, 0.1) is 0 Å². The molecule has 0 bridgehead atoms. The minimum atomic E-state index is -0.567. The van der Waals surface area contributed by atoms with E-state index < -0.39 is 6.10 Å². The maximum Gasteiger partial charge on any atom is 0.224 e. The number of aliphatic hydroxyl groups excluding tert-OH is 1. The van der Waals surface area contributed by atoms with Crippen molar-refractivity contribution in [3.63, 3.8) is 0 Å². The van der Waals surface area contributed by atoms with Crippen LogP contribution in [-0.2, 0) is 11.2 Å². The molecule has 1 atom stereocenters. The Morgan fingerprint density at radius 2 is 1.83 bits per heavy atom. The standard InChI is InChI=1S/C22H26ClN3O3/c23-17-3-5-18(6-4-17)26-11-9-25(10-12-26)14-19(27)15-29-20-7-1-16-2-8-22(28)24-21(16)13-20/h1,3-7,13,19,27H,2,8-12,14-15H2,(H,24,28)/t19-/m0/s1. The molecule has 29 heavy (non-hydrogen) atoms. The van der Waals surface area contributed by atoms with Crippen LogP contribution in [0.5, 0.6) is 5.75 Å². The summed E-state index contributed by atoms with van der Waals surface area (Å²) in [6.45, 7) is 4.43. The lowest BCUT2D eigenvalue weighted by molar-refractivity contribution is -0.116. The fraction of sp³-hybridized carbons (Fsp3) is 0.409. The van der Waals surface area contributed by atoms with Gasteiger partial charge in [-0.2, -0.15) is 0 Å². The summed E-state index contributed by atoms with van der Waals surface area (Å²) < 4.78 is 5.76. The lowest BCUT2D eigenvalue weighted by atomic mass is 10.0. The number of ether oxygens (including phenoxy) is 1. The summed E-state index contributed by atoms with van der Waals surface area (Å²) in [6, 6.07) is 13.6. The topological polar surface area (TPSA) is 65.0 Å². The van der Waals surface area contributed by atoms with Crippen molar-refractivity contribution in [2.75, 3.05) is 49.5 Å². The number of aryl methyl sites for hydroxylation is 1. The third kappa shape index (κ3) is 5.21. The third-order valence-corrected chi connectivity index (χ3v) is 5.70. The molecule has 0 spiro atoms. The van der Waals surface area contributed by atoms with Gasteiger partial charge in [0.2, 0.25) is 5.91 Å². The highest BCUT2D eigenvalue weighted by Crippen LogP contribution is 2.27. The minimum absolute atomic E-state index is 0.0347. The zero-order chi connectivity index (χ0) is 20.2. The molecule has 2 N–H and O–H groups in total. The number of carbonyl (C=O) groups is 1. The van der Waals surface area contributed by atoms with Crippen LogP contribution in [0.2, 0.25) is 5.02 Å². The van der Waals surface area contributed by atoms with Gasteiger partial charge < -0.3 is 20.1 Å². The van der Waals surface area contributed by atoms with Crippen LogP contribution in [0.25, 0.3) is 0 Å². The zero-order valence-corrected chi connectivity index (χ0v) is 17.1. The Bertz CT molecular complexity index is 851. The number of carbonyl (C=O) groups excluding carboxylic acids is 1. The molecule has 1 amide bonds. The number of nitrogens with zero attached hydrogens (tertiary/aromatic N) is 2. The first-order valence-electron chi connectivity index (χ1n) is 10.0. The second-order valence-corrected chi connectivity index (χ2v) is 8.03. The number of amides is 1. The highest BCUT2D eigenvalue weighted by atomic mass is 35.5. The van der Waals surface area contributed by atoms with Crippen LogP contribution in [0.15, 0.2) is 42.5 Å². The molecule has 2 heterocycles. The van der Waals surface area contributed by atoms with Gasteiger partial charge in [-0.3, -0.25) is 9.69 Å². The van der Waals surface area contributed by atoms with Crippen molar-refractivity contribution >= 4 is 28.9 Å². The quantitative estimate of drug-likeness (QED) is 0.759. The minimum Gasteiger partial charge on any atom is -0.491 e. The number of hydrogen-bond acceptors (Lipinski definition) is 5. The molecular weight excluding hydrogens is 390 g/mol. The predicted octanol–water partition coefficient (Wildman–Crippen LogP) is 2.79. The van der Waals surface area contributed by atoms with Crippen LogP contribution in [0.1, 0.15) is 12.0 Å². The van der Waals surface area contributed by atoms with Crippen LogP contribution in [0.4, 0.5) is 11.4 Å². The lowest BCUT2D eigenvalue weighted by Crippen LogP contribution is -2.49. The smallest absolute Gasteiger partial charge is 0.224 e. The molecule has 2 aromatic rings. The first kappa shape index (κ1) is 20.0. The van der Waals surface area contributed by atoms with E-state index >= 15 is 0 Å². The van der Waals surface area contributed by atoms with Crippen LogP contribution in [0.3, 0.4) is 0 Å². The van der Waals surface area contributed by atoms with Crippen LogP contribution in [0, 0.1) is 0 Å². The molecule has 7 heteroatoms. The highest BCUT2D eigenvalue weighted by Gasteiger charge is 2.20. The fourth-order valence-electron chi connectivity index (χ4n) is 3.82. The Hall–Kier alpha value is -2.28. The molecule has 0 saturated carbocycles.